The largest absolute Gasteiger partial charge is 0.477 e. The van der Waals surface area contributed by atoms with Crippen LogP contribution in [0.2, 0.25) is 5.02 Å². The number of aliphatic hydroxyl groups is 1. The monoisotopic (exact) mass is 421 g/mol. The van der Waals surface area contributed by atoms with Crippen LogP contribution in [0.5, 0.6) is 0 Å². The number of aliphatic hydroxyl groups excluding tert-OH is 1. The van der Waals surface area contributed by atoms with Crippen molar-refractivity contribution in [2.75, 3.05) is 4.90 Å². The van der Waals surface area contributed by atoms with Crippen LogP contribution < -0.4 is 4.90 Å². The molecule has 0 amide bonds. The van der Waals surface area contributed by atoms with E-state index in [1.54, 1.807) is 12.1 Å². The van der Waals surface area contributed by atoms with Crippen molar-refractivity contribution < 1.29 is 15.0 Å². The van der Waals surface area contributed by atoms with Crippen molar-refractivity contribution >= 4 is 34.6 Å². The van der Waals surface area contributed by atoms with E-state index in [2.05, 4.69) is 6.92 Å². The van der Waals surface area contributed by atoms with Gasteiger partial charge in [0.1, 0.15) is 11.1 Å². The van der Waals surface area contributed by atoms with Crippen LogP contribution in [0.15, 0.2) is 30.3 Å². The summed E-state index contributed by atoms with van der Waals surface area (Å²) in [6.07, 6.45) is 3.49. The summed E-state index contributed by atoms with van der Waals surface area (Å²) in [5.41, 5.74) is 1.52. The fourth-order valence-electron chi connectivity index (χ4n) is 4.02. The first-order valence-corrected chi connectivity index (χ1v) is 11.1. The van der Waals surface area contributed by atoms with Crippen LogP contribution in [0.1, 0.15) is 56.1 Å². The van der Waals surface area contributed by atoms with Crippen molar-refractivity contribution in [3.63, 3.8) is 0 Å². The van der Waals surface area contributed by atoms with Crippen LogP contribution in [0.4, 0.5) is 5.69 Å². The Morgan fingerprint density at radius 1 is 1.18 bits per heavy atom. The molecule has 2 N–H and O–H groups in total. The zero-order chi connectivity index (χ0) is 20.4. The van der Waals surface area contributed by atoms with E-state index in [9.17, 15) is 15.0 Å². The minimum atomic E-state index is -0.963. The van der Waals surface area contributed by atoms with Crippen LogP contribution in [0, 0.1) is 11.8 Å². The molecule has 1 fully saturated rings. The second kappa shape index (κ2) is 8.85. The minimum Gasteiger partial charge on any atom is -0.477 e. The molecule has 6 heteroatoms. The number of hydrogen-bond acceptors (Lipinski definition) is 4. The molecule has 1 atom stereocenters. The number of thiophene rings is 1. The lowest BCUT2D eigenvalue weighted by Gasteiger charge is -2.40. The highest BCUT2D eigenvalue weighted by Crippen LogP contribution is 2.41. The van der Waals surface area contributed by atoms with Gasteiger partial charge in [0.25, 0.3) is 0 Å². The van der Waals surface area contributed by atoms with Crippen LogP contribution in [0.25, 0.3) is 10.4 Å². The molecule has 1 aliphatic rings. The van der Waals surface area contributed by atoms with Crippen molar-refractivity contribution in [3.8, 4) is 10.4 Å². The van der Waals surface area contributed by atoms with E-state index in [-0.39, 0.29) is 16.8 Å². The molecular formula is C22H28ClNO3S. The molecule has 0 aliphatic heterocycles. The van der Waals surface area contributed by atoms with E-state index in [1.165, 1.54) is 11.3 Å². The molecule has 0 spiro atoms. The highest BCUT2D eigenvalue weighted by Gasteiger charge is 2.33. The molecule has 1 aromatic carbocycles. The first-order valence-electron chi connectivity index (χ1n) is 9.87. The van der Waals surface area contributed by atoms with E-state index in [1.807, 2.05) is 36.9 Å². The Kier molecular flexibility index (Phi) is 6.69. The van der Waals surface area contributed by atoms with Gasteiger partial charge in [-0.1, -0.05) is 43.5 Å². The van der Waals surface area contributed by atoms with Gasteiger partial charge in [0.2, 0.25) is 0 Å². The SMILES string of the molecule is CC1CCC(C(O)N(c2cc(-c3ccc(Cl)cc3)sc2C(=O)O)C(C)C)CC1. The molecule has 0 saturated heterocycles. The zero-order valence-electron chi connectivity index (χ0n) is 16.6. The number of halogens is 1. The molecule has 1 aliphatic carbocycles. The fourth-order valence-corrected chi connectivity index (χ4v) is 5.15. The summed E-state index contributed by atoms with van der Waals surface area (Å²) in [7, 11) is 0. The highest BCUT2D eigenvalue weighted by molar-refractivity contribution is 7.18. The first-order chi connectivity index (χ1) is 13.3. The number of nitrogens with zero attached hydrogens (tertiary/aromatic N) is 1. The molecule has 1 unspecified atom stereocenters. The molecule has 0 radical (unpaired) electrons. The lowest BCUT2D eigenvalue weighted by atomic mass is 9.81. The molecule has 3 rings (SSSR count). The third-order valence-corrected chi connectivity index (χ3v) is 7.05. The summed E-state index contributed by atoms with van der Waals surface area (Å²) in [5.74, 6) is -0.0994. The highest BCUT2D eigenvalue weighted by atomic mass is 35.5. The summed E-state index contributed by atoms with van der Waals surface area (Å²) in [6, 6.07) is 9.26. The summed E-state index contributed by atoms with van der Waals surface area (Å²) in [5, 5.41) is 21.6. The van der Waals surface area contributed by atoms with Gasteiger partial charge in [0.05, 0.1) is 5.69 Å². The lowest BCUT2D eigenvalue weighted by Crippen LogP contribution is -2.46. The maximum Gasteiger partial charge on any atom is 0.348 e. The average molecular weight is 422 g/mol. The molecule has 28 heavy (non-hydrogen) atoms. The normalized spacial score (nSPS) is 20.9. The summed E-state index contributed by atoms with van der Waals surface area (Å²) < 4.78 is 0. The van der Waals surface area contributed by atoms with Crippen LogP contribution in [-0.2, 0) is 0 Å². The number of anilines is 1. The van der Waals surface area contributed by atoms with E-state index >= 15 is 0 Å². The second-order valence-corrected chi connectivity index (χ2v) is 9.56. The molecule has 1 aromatic heterocycles. The van der Waals surface area contributed by atoms with Crippen LogP contribution in [0.3, 0.4) is 0 Å². The number of hydrogen-bond donors (Lipinski definition) is 2. The Morgan fingerprint density at radius 2 is 1.79 bits per heavy atom. The van der Waals surface area contributed by atoms with Gasteiger partial charge < -0.3 is 15.1 Å². The van der Waals surface area contributed by atoms with E-state index in [0.29, 0.717) is 16.6 Å². The number of carboxylic acids is 1. The quantitative estimate of drug-likeness (QED) is 0.551. The molecule has 2 aromatic rings. The summed E-state index contributed by atoms with van der Waals surface area (Å²) >= 11 is 7.23. The average Bonchev–Trinajstić information content (AvgIpc) is 3.07. The van der Waals surface area contributed by atoms with Gasteiger partial charge in [0, 0.05) is 21.9 Å². The second-order valence-electron chi connectivity index (χ2n) is 8.07. The van der Waals surface area contributed by atoms with Gasteiger partial charge in [0.15, 0.2) is 0 Å². The molecule has 1 heterocycles. The standard InChI is InChI=1S/C22H28ClNO3S/c1-13(2)24(21(25)16-6-4-14(3)5-7-16)18-12-19(28-20(18)22(26)27)15-8-10-17(23)11-9-15/h8-14,16,21,25H,4-7H2,1-3H3,(H,26,27). The van der Waals surface area contributed by atoms with Crippen molar-refractivity contribution in [1.29, 1.82) is 0 Å². The molecule has 0 bridgehead atoms. The van der Waals surface area contributed by atoms with Gasteiger partial charge in [-0.2, -0.15) is 0 Å². The third-order valence-electron chi connectivity index (χ3n) is 5.64. The Hall–Kier alpha value is -1.56. The van der Waals surface area contributed by atoms with Crippen LogP contribution >= 0.6 is 22.9 Å². The predicted octanol–water partition coefficient (Wildman–Crippen LogP) is 6.13. The maximum absolute atomic E-state index is 12.0. The van der Waals surface area contributed by atoms with Gasteiger partial charge in [-0.05, 0) is 56.4 Å². The van der Waals surface area contributed by atoms with Crippen molar-refractivity contribution in [2.24, 2.45) is 11.8 Å². The lowest BCUT2D eigenvalue weighted by molar-refractivity contribution is 0.0658. The van der Waals surface area contributed by atoms with Crippen molar-refractivity contribution in [1.82, 2.24) is 0 Å². The Balaban J connectivity index is 1.97. The maximum atomic E-state index is 12.0. The number of carboxylic acid groups (broad SMARTS) is 1. The van der Waals surface area contributed by atoms with Gasteiger partial charge in [-0.3, -0.25) is 0 Å². The zero-order valence-corrected chi connectivity index (χ0v) is 18.1. The smallest absolute Gasteiger partial charge is 0.348 e. The van der Waals surface area contributed by atoms with Crippen molar-refractivity contribution in [3.05, 3.63) is 40.2 Å². The van der Waals surface area contributed by atoms with Gasteiger partial charge in [-0.25, -0.2) is 4.79 Å². The number of rotatable bonds is 6. The number of benzene rings is 1. The van der Waals surface area contributed by atoms with E-state index in [4.69, 9.17) is 11.6 Å². The Bertz CT molecular complexity index is 810. The molecular weight excluding hydrogens is 394 g/mol. The number of aromatic carboxylic acids is 1. The third kappa shape index (κ3) is 4.53. The van der Waals surface area contributed by atoms with Gasteiger partial charge >= 0.3 is 5.97 Å². The topological polar surface area (TPSA) is 60.8 Å². The Labute approximate surface area is 175 Å². The minimum absolute atomic E-state index is 0.0138. The summed E-state index contributed by atoms with van der Waals surface area (Å²) in [4.78, 5) is 15.0. The molecule has 152 valence electrons. The van der Waals surface area contributed by atoms with Gasteiger partial charge in [-0.15, -0.1) is 11.3 Å². The first kappa shape index (κ1) is 21.2. The van der Waals surface area contributed by atoms with E-state index in [0.717, 1.165) is 36.1 Å². The van der Waals surface area contributed by atoms with Crippen LogP contribution in [-0.4, -0.2) is 28.5 Å². The fraction of sp³-hybridized carbons (Fsp3) is 0.500. The predicted molar refractivity (Wildman–Crippen MR) is 116 cm³/mol. The van der Waals surface area contributed by atoms with E-state index < -0.39 is 12.2 Å². The molecule has 1 saturated carbocycles. The molecule has 4 nitrogen and oxygen atoms in total. The Morgan fingerprint density at radius 3 is 2.32 bits per heavy atom. The number of carbonyl (C=O) groups is 1. The van der Waals surface area contributed by atoms with Crippen molar-refractivity contribution in [2.45, 2.75) is 58.7 Å². The summed E-state index contributed by atoms with van der Waals surface area (Å²) in [6.45, 7) is 6.25.